The Bertz CT molecular complexity index is 1140. The van der Waals surface area contributed by atoms with Crippen LogP contribution in [-0.2, 0) is 6.61 Å². The molecule has 5 heteroatoms. The molecular formula is C23H21BrN2O2. The average molecular weight is 437 g/mol. The largest absolute Gasteiger partial charge is 0.493 e. The van der Waals surface area contributed by atoms with Gasteiger partial charge < -0.3 is 13.9 Å². The number of aryl methyl sites for hydroxylation is 1. The van der Waals surface area contributed by atoms with Gasteiger partial charge in [-0.15, -0.1) is 0 Å². The molecule has 0 saturated heterocycles. The monoisotopic (exact) mass is 436 g/mol. The van der Waals surface area contributed by atoms with Crippen molar-refractivity contribution in [3.63, 3.8) is 0 Å². The molecule has 4 nitrogen and oxygen atoms in total. The van der Waals surface area contributed by atoms with E-state index in [1.165, 1.54) is 5.56 Å². The molecule has 4 aromatic rings. The minimum Gasteiger partial charge on any atom is -0.493 e. The molecule has 0 N–H and O–H groups in total. The second-order valence-electron chi connectivity index (χ2n) is 6.72. The van der Waals surface area contributed by atoms with Crippen LogP contribution in [0.4, 0.5) is 0 Å². The number of imidazole rings is 1. The van der Waals surface area contributed by atoms with Gasteiger partial charge in [-0.25, -0.2) is 4.98 Å². The van der Waals surface area contributed by atoms with Crippen LogP contribution >= 0.6 is 15.9 Å². The number of benzene rings is 2. The standard InChI is InChI=1S/C23H21BrN2O2/c1-15-16(2)23-25-20(13-26(23)12-19(15)24)18-9-10-21(22(11-18)27-3)28-14-17-7-5-4-6-8-17/h4-13H,14H2,1-3H3. The van der Waals surface area contributed by atoms with Gasteiger partial charge in [-0.1, -0.05) is 30.3 Å². The zero-order valence-corrected chi connectivity index (χ0v) is 17.7. The Morgan fingerprint density at radius 2 is 1.75 bits per heavy atom. The highest BCUT2D eigenvalue weighted by Gasteiger charge is 2.13. The van der Waals surface area contributed by atoms with Crippen LogP contribution in [0.1, 0.15) is 16.7 Å². The fourth-order valence-corrected chi connectivity index (χ4v) is 3.67. The van der Waals surface area contributed by atoms with E-state index >= 15 is 0 Å². The minimum atomic E-state index is 0.497. The first-order valence-corrected chi connectivity index (χ1v) is 9.85. The lowest BCUT2D eigenvalue weighted by Gasteiger charge is -2.11. The first-order valence-electron chi connectivity index (χ1n) is 9.06. The Balaban J connectivity index is 1.65. The molecule has 0 fully saturated rings. The van der Waals surface area contributed by atoms with Crippen LogP contribution in [0.25, 0.3) is 16.9 Å². The number of ether oxygens (including phenoxy) is 2. The Morgan fingerprint density at radius 1 is 0.964 bits per heavy atom. The molecule has 0 amide bonds. The Hall–Kier alpha value is -2.79. The Labute approximate surface area is 172 Å². The summed E-state index contributed by atoms with van der Waals surface area (Å²) in [6, 6.07) is 16.0. The van der Waals surface area contributed by atoms with E-state index in [0.29, 0.717) is 18.1 Å². The number of halogens is 1. The number of hydrogen-bond donors (Lipinski definition) is 0. The highest BCUT2D eigenvalue weighted by atomic mass is 79.9. The van der Waals surface area contributed by atoms with Gasteiger partial charge in [0.15, 0.2) is 11.5 Å². The number of nitrogens with zero attached hydrogens (tertiary/aromatic N) is 2. The molecule has 0 aliphatic rings. The molecule has 28 heavy (non-hydrogen) atoms. The molecule has 0 radical (unpaired) electrons. The molecule has 0 spiro atoms. The number of pyridine rings is 1. The van der Waals surface area contributed by atoms with Crippen LogP contribution in [0.5, 0.6) is 11.5 Å². The molecule has 0 unspecified atom stereocenters. The van der Waals surface area contributed by atoms with Gasteiger partial charge in [-0.2, -0.15) is 0 Å². The highest BCUT2D eigenvalue weighted by Crippen LogP contribution is 2.33. The molecule has 4 rings (SSSR count). The van der Waals surface area contributed by atoms with Crippen molar-refractivity contribution in [3.8, 4) is 22.8 Å². The molecule has 2 aromatic heterocycles. The molecule has 0 saturated carbocycles. The fraction of sp³-hybridized carbons (Fsp3) is 0.174. The SMILES string of the molecule is COc1cc(-c2cn3cc(Br)c(C)c(C)c3n2)ccc1OCc1ccccc1. The molecule has 2 heterocycles. The van der Waals surface area contributed by atoms with Crippen molar-refractivity contribution in [3.05, 3.63) is 82.1 Å². The topological polar surface area (TPSA) is 35.8 Å². The zero-order chi connectivity index (χ0) is 19.7. The van der Waals surface area contributed by atoms with Gasteiger partial charge in [-0.3, -0.25) is 0 Å². The number of rotatable bonds is 5. The van der Waals surface area contributed by atoms with Crippen LogP contribution in [0.15, 0.2) is 65.4 Å². The molecule has 142 valence electrons. The van der Waals surface area contributed by atoms with Crippen LogP contribution in [0.3, 0.4) is 0 Å². The number of hydrogen-bond acceptors (Lipinski definition) is 3. The van der Waals surface area contributed by atoms with Crippen molar-refractivity contribution in [2.75, 3.05) is 7.11 Å². The summed E-state index contributed by atoms with van der Waals surface area (Å²) < 4.78 is 14.6. The van der Waals surface area contributed by atoms with Gasteiger partial charge in [0.1, 0.15) is 12.3 Å². The maximum absolute atomic E-state index is 5.96. The first-order chi connectivity index (χ1) is 13.6. The van der Waals surface area contributed by atoms with Crippen LogP contribution < -0.4 is 9.47 Å². The van der Waals surface area contributed by atoms with Crippen LogP contribution in [0.2, 0.25) is 0 Å². The van der Waals surface area contributed by atoms with E-state index in [4.69, 9.17) is 14.5 Å². The minimum absolute atomic E-state index is 0.497. The van der Waals surface area contributed by atoms with Crippen molar-refractivity contribution in [1.29, 1.82) is 0 Å². The summed E-state index contributed by atoms with van der Waals surface area (Å²) in [5, 5.41) is 0. The molecule has 0 aliphatic carbocycles. The van der Waals surface area contributed by atoms with E-state index in [1.807, 2.05) is 65.3 Å². The van der Waals surface area contributed by atoms with E-state index in [1.54, 1.807) is 7.11 Å². The number of methoxy groups -OCH3 is 1. The van der Waals surface area contributed by atoms with Gasteiger partial charge in [0.05, 0.1) is 12.8 Å². The average Bonchev–Trinajstić information content (AvgIpc) is 3.15. The highest BCUT2D eigenvalue weighted by molar-refractivity contribution is 9.10. The van der Waals surface area contributed by atoms with Crippen LogP contribution in [-0.4, -0.2) is 16.5 Å². The Kier molecular flexibility index (Phi) is 5.09. The van der Waals surface area contributed by atoms with Crippen molar-refractivity contribution < 1.29 is 9.47 Å². The van der Waals surface area contributed by atoms with Crippen molar-refractivity contribution in [2.45, 2.75) is 20.5 Å². The maximum Gasteiger partial charge on any atom is 0.161 e. The lowest BCUT2D eigenvalue weighted by molar-refractivity contribution is 0.284. The summed E-state index contributed by atoms with van der Waals surface area (Å²) in [4.78, 5) is 4.83. The quantitative estimate of drug-likeness (QED) is 0.386. The van der Waals surface area contributed by atoms with E-state index < -0.39 is 0 Å². The first kappa shape index (κ1) is 18.6. The van der Waals surface area contributed by atoms with Gasteiger partial charge in [0.25, 0.3) is 0 Å². The van der Waals surface area contributed by atoms with Gasteiger partial charge in [-0.05, 0) is 64.7 Å². The second kappa shape index (κ2) is 7.68. The third-order valence-corrected chi connectivity index (χ3v) is 5.74. The van der Waals surface area contributed by atoms with Gasteiger partial charge >= 0.3 is 0 Å². The third kappa shape index (κ3) is 3.50. The second-order valence-corrected chi connectivity index (χ2v) is 7.58. The van der Waals surface area contributed by atoms with E-state index in [-0.39, 0.29) is 0 Å². The van der Waals surface area contributed by atoms with Crippen molar-refractivity contribution in [2.24, 2.45) is 0 Å². The van der Waals surface area contributed by atoms with Gasteiger partial charge in [0.2, 0.25) is 0 Å². The fourth-order valence-electron chi connectivity index (χ4n) is 3.16. The summed E-state index contributed by atoms with van der Waals surface area (Å²) in [5.74, 6) is 1.41. The third-order valence-electron chi connectivity index (χ3n) is 4.94. The smallest absolute Gasteiger partial charge is 0.161 e. The predicted octanol–water partition coefficient (Wildman–Crippen LogP) is 5.97. The predicted molar refractivity (Wildman–Crippen MR) is 115 cm³/mol. The molecule has 2 aromatic carbocycles. The molecular weight excluding hydrogens is 416 g/mol. The summed E-state index contributed by atoms with van der Waals surface area (Å²) in [6.07, 6.45) is 4.08. The summed E-state index contributed by atoms with van der Waals surface area (Å²) in [7, 11) is 1.66. The van der Waals surface area contributed by atoms with E-state index in [0.717, 1.165) is 32.5 Å². The lowest BCUT2D eigenvalue weighted by Crippen LogP contribution is -1.97. The molecule has 0 bridgehead atoms. The molecule has 0 atom stereocenters. The summed E-state index contributed by atoms with van der Waals surface area (Å²) in [6.45, 7) is 4.68. The normalized spacial score (nSPS) is 11.0. The van der Waals surface area contributed by atoms with Crippen molar-refractivity contribution >= 4 is 21.6 Å². The van der Waals surface area contributed by atoms with Gasteiger partial charge in [0, 0.05) is 22.4 Å². The van der Waals surface area contributed by atoms with Crippen LogP contribution in [0, 0.1) is 13.8 Å². The maximum atomic E-state index is 5.96. The summed E-state index contributed by atoms with van der Waals surface area (Å²) >= 11 is 3.62. The molecule has 0 aliphatic heterocycles. The summed E-state index contributed by atoms with van der Waals surface area (Å²) in [5.41, 5.74) is 6.32. The number of aromatic nitrogens is 2. The Morgan fingerprint density at radius 3 is 2.50 bits per heavy atom. The van der Waals surface area contributed by atoms with Crippen molar-refractivity contribution in [1.82, 2.24) is 9.38 Å². The number of fused-ring (bicyclic) bond motifs is 1. The van der Waals surface area contributed by atoms with E-state index in [2.05, 4.69) is 29.8 Å². The lowest BCUT2D eigenvalue weighted by atomic mass is 10.1. The zero-order valence-electron chi connectivity index (χ0n) is 16.1. The van der Waals surface area contributed by atoms with E-state index in [9.17, 15) is 0 Å².